The number of hydrogen-bond acceptors (Lipinski definition) is 13. The van der Waals surface area contributed by atoms with Crippen molar-refractivity contribution in [3.8, 4) is 111 Å². The average Bonchev–Trinajstić information content (AvgIpc) is 0.836. The highest BCUT2D eigenvalue weighted by molar-refractivity contribution is 5.83. The summed E-state index contributed by atoms with van der Waals surface area (Å²) in [6.07, 6.45) is 42.3. The number of amides is 13. The van der Waals surface area contributed by atoms with Crippen molar-refractivity contribution in [2.75, 3.05) is 78.5 Å². The second-order valence-corrected chi connectivity index (χ2v) is 21.9. The monoisotopic (exact) mass is 1300 g/mol. The Morgan fingerprint density at radius 1 is 0.255 bits per heavy atom. The zero-order valence-electron chi connectivity index (χ0n) is 53.8. The van der Waals surface area contributed by atoms with Crippen molar-refractivity contribution in [1.82, 2.24) is 63.8 Å². The SMILES string of the molecule is C#CCNC(=O)CCC(CCC(=O)NCC#C)(CCC(=O)NCC#C)NC(=O)CCC(CCC(=O)NC(CCC(=O)NCC#C)(CCC(=O)NCC#C)CCC(=O)NCC#C)(CCC(=O)[N+](CCC(=O)NCC#C)(CCC(=O)NCC#C)CCC(=O)NCC#C)NC(C)=O. The van der Waals surface area contributed by atoms with Crippen LogP contribution in [0.25, 0.3) is 0 Å². The first-order valence-electron chi connectivity index (χ1n) is 30.5. The highest BCUT2D eigenvalue weighted by atomic mass is 16.2. The normalized spacial score (nSPS) is 10.6. The summed E-state index contributed by atoms with van der Waals surface area (Å²) >= 11 is 0. The topological polar surface area (TPSA) is 366 Å². The molecule has 26 nitrogen and oxygen atoms in total. The lowest BCUT2D eigenvalue weighted by Crippen LogP contribution is -2.58. The molecule has 12 N–H and O–H groups in total. The van der Waals surface area contributed by atoms with Gasteiger partial charge in [-0.15, -0.1) is 57.8 Å². The molecule has 0 radical (unpaired) electrons. The first-order valence-corrected chi connectivity index (χ1v) is 30.5. The van der Waals surface area contributed by atoms with E-state index in [0.29, 0.717) is 0 Å². The molecular formula is C68H90N13O13+. The Morgan fingerprint density at radius 3 is 0.617 bits per heavy atom. The van der Waals surface area contributed by atoms with Gasteiger partial charge in [0.05, 0.1) is 104 Å². The molecule has 0 saturated carbocycles. The maximum absolute atomic E-state index is 15.4. The maximum atomic E-state index is 15.4. The molecule has 26 heteroatoms. The van der Waals surface area contributed by atoms with Crippen molar-refractivity contribution in [3.05, 3.63) is 0 Å². The summed E-state index contributed by atoms with van der Waals surface area (Å²) in [5.74, 6) is 12.9. The number of quaternary nitrogens is 1. The molecule has 0 aromatic rings. The number of terminal acetylenes is 9. The Hall–Kier alpha value is -10.7. The zero-order chi connectivity index (χ0) is 70.7. The highest BCUT2D eigenvalue weighted by Crippen LogP contribution is 2.32. The smallest absolute Gasteiger partial charge is 0.313 e. The minimum atomic E-state index is -1.74. The van der Waals surface area contributed by atoms with Crippen LogP contribution in [-0.4, -0.2) is 176 Å². The number of nitrogens with one attached hydrogen (secondary N) is 12. The van der Waals surface area contributed by atoms with Crippen molar-refractivity contribution in [2.24, 2.45) is 0 Å². The molecule has 0 atom stereocenters. The van der Waals surface area contributed by atoms with Crippen LogP contribution in [0.15, 0.2) is 0 Å². The second kappa shape index (κ2) is 48.1. The van der Waals surface area contributed by atoms with E-state index in [9.17, 15) is 57.5 Å². The highest BCUT2D eigenvalue weighted by Gasteiger charge is 2.43. The number of rotatable bonds is 48. The Bertz CT molecular complexity index is 2660. The van der Waals surface area contributed by atoms with Crippen molar-refractivity contribution in [2.45, 2.75) is 158 Å². The summed E-state index contributed by atoms with van der Waals surface area (Å²) in [5, 5.41) is 31.8. The fourth-order valence-corrected chi connectivity index (χ4v) is 9.98. The van der Waals surface area contributed by atoms with E-state index >= 15 is 4.79 Å². The second-order valence-electron chi connectivity index (χ2n) is 21.9. The lowest BCUT2D eigenvalue weighted by molar-refractivity contribution is -0.853. The van der Waals surface area contributed by atoms with E-state index in [1.54, 1.807) is 0 Å². The van der Waals surface area contributed by atoms with Gasteiger partial charge in [0.2, 0.25) is 70.9 Å². The van der Waals surface area contributed by atoms with E-state index in [1.807, 2.05) is 0 Å². The molecule has 0 aliphatic carbocycles. The van der Waals surface area contributed by atoms with Gasteiger partial charge in [-0.25, -0.2) is 4.79 Å². The summed E-state index contributed by atoms with van der Waals surface area (Å²) in [6, 6.07) is 0. The molecule has 13 amide bonds. The fourth-order valence-electron chi connectivity index (χ4n) is 9.98. The van der Waals surface area contributed by atoms with Gasteiger partial charge < -0.3 is 63.8 Å². The van der Waals surface area contributed by atoms with Crippen LogP contribution in [0.4, 0.5) is 0 Å². The van der Waals surface area contributed by atoms with Gasteiger partial charge in [0, 0.05) is 74.9 Å². The van der Waals surface area contributed by atoms with Crippen molar-refractivity contribution in [3.63, 3.8) is 0 Å². The fraction of sp³-hybridized carbons (Fsp3) is 0.544. The Labute approximate surface area is 553 Å². The third kappa shape index (κ3) is 37.5. The molecule has 0 unspecified atom stereocenters. The van der Waals surface area contributed by atoms with Crippen LogP contribution < -0.4 is 63.8 Å². The zero-order valence-corrected chi connectivity index (χ0v) is 53.8. The Morgan fingerprint density at radius 2 is 0.426 bits per heavy atom. The van der Waals surface area contributed by atoms with Crippen LogP contribution >= 0.6 is 0 Å². The van der Waals surface area contributed by atoms with Crippen LogP contribution in [0.3, 0.4) is 0 Å². The third-order valence-electron chi connectivity index (χ3n) is 15.0. The summed E-state index contributed by atoms with van der Waals surface area (Å²) in [4.78, 5) is 178. The number of carbonyl (C=O) groups is 13. The summed E-state index contributed by atoms with van der Waals surface area (Å²) in [6.45, 7) is -1.11. The van der Waals surface area contributed by atoms with Gasteiger partial charge in [-0.05, 0) is 57.8 Å². The standard InChI is InChI=1S/C68H89N13O13/c1-11-41-69-54(83)20-32-67(33-21-55(84)70-42-12-2,34-22-56(85)71-43-13-3)79-63(92)26-38-66(78-53(10)82,40-28-65(94)81(50-29-60(89)75-47-17-7,51-30-61(90)76-48-18-8)52-31-62(91)77-49-19-9)39-27-64(93)80-68(35-23-57(86)72-44-14-4,36-24-58(87)73-45-15-5)37-25-59(88)74-46-16-6/h1-9H,20-52H2,10H3,(H11-,69,70,71,72,73,74,75,76,77,78,79,80,82,83,84,85,86,87,88,89,90,91,92,93)/p+1. The average molecular weight is 1300 g/mol. The van der Waals surface area contributed by atoms with Crippen LogP contribution in [-0.2, 0) is 62.3 Å². The molecule has 0 aliphatic rings. The molecule has 0 aliphatic heterocycles. The predicted octanol–water partition coefficient (Wildman–Crippen LogP) is -2.15. The van der Waals surface area contributed by atoms with E-state index in [1.165, 1.54) is 0 Å². The van der Waals surface area contributed by atoms with E-state index in [2.05, 4.69) is 117 Å². The molecule has 504 valence electrons. The van der Waals surface area contributed by atoms with Crippen molar-refractivity contribution in [1.29, 1.82) is 0 Å². The molecular weight excluding hydrogens is 1210 g/mol. The Balaban J connectivity index is 8.54. The van der Waals surface area contributed by atoms with Gasteiger partial charge in [0.25, 0.3) is 0 Å². The minimum absolute atomic E-state index is 0.141. The molecule has 94 heavy (non-hydrogen) atoms. The lowest BCUT2D eigenvalue weighted by Gasteiger charge is -2.39. The van der Waals surface area contributed by atoms with Gasteiger partial charge in [0.15, 0.2) is 0 Å². The third-order valence-corrected chi connectivity index (χ3v) is 15.0. The summed E-state index contributed by atoms with van der Waals surface area (Å²) in [7, 11) is 0. The molecule has 0 bridgehead atoms. The molecule has 0 aromatic heterocycles. The molecule has 0 heterocycles. The van der Waals surface area contributed by atoms with Crippen LogP contribution in [0.1, 0.15) is 142 Å². The van der Waals surface area contributed by atoms with E-state index in [-0.39, 0.29) is 194 Å². The quantitative estimate of drug-likeness (QED) is 0.0229. The Kier molecular flexibility index (Phi) is 42.7. The molecule has 0 aromatic carbocycles. The van der Waals surface area contributed by atoms with Gasteiger partial charge in [-0.3, -0.25) is 62.0 Å². The maximum Gasteiger partial charge on any atom is 0.313 e. The number of nitrogens with zero attached hydrogens (tertiary/aromatic N) is 1. The predicted molar refractivity (Wildman–Crippen MR) is 352 cm³/mol. The van der Waals surface area contributed by atoms with Crippen LogP contribution in [0.5, 0.6) is 0 Å². The summed E-state index contributed by atoms with van der Waals surface area (Å²) in [5.41, 5.74) is -4.75. The molecule has 0 spiro atoms. The minimum Gasteiger partial charge on any atom is -0.351 e. The van der Waals surface area contributed by atoms with Crippen molar-refractivity contribution < 1.29 is 66.8 Å². The van der Waals surface area contributed by atoms with E-state index in [0.717, 1.165) is 6.92 Å². The van der Waals surface area contributed by atoms with Crippen molar-refractivity contribution >= 4 is 76.8 Å². The van der Waals surface area contributed by atoms with Gasteiger partial charge in [-0.2, -0.15) is 0 Å². The number of hydrogen-bond donors (Lipinski definition) is 12. The van der Waals surface area contributed by atoms with Gasteiger partial charge in [0.1, 0.15) is 0 Å². The van der Waals surface area contributed by atoms with Crippen LogP contribution in [0, 0.1) is 111 Å². The summed E-state index contributed by atoms with van der Waals surface area (Å²) < 4.78 is -0.698. The largest absolute Gasteiger partial charge is 0.351 e. The molecule has 0 fully saturated rings. The van der Waals surface area contributed by atoms with E-state index < -0.39 is 117 Å². The van der Waals surface area contributed by atoms with Gasteiger partial charge >= 0.3 is 5.91 Å². The first kappa shape index (κ1) is 83.3. The molecule has 0 saturated heterocycles. The van der Waals surface area contributed by atoms with Crippen LogP contribution in [0.2, 0.25) is 0 Å². The first-order chi connectivity index (χ1) is 44.8. The molecule has 0 rings (SSSR count). The van der Waals surface area contributed by atoms with Gasteiger partial charge in [-0.1, -0.05) is 53.3 Å². The lowest BCUT2D eigenvalue weighted by atomic mass is 9.80. The van der Waals surface area contributed by atoms with E-state index in [4.69, 9.17) is 57.8 Å². The number of carbonyl (C=O) groups excluding carboxylic acids is 13.